The molecule has 7 heteroatoms. The molecule has 0 aromatic heterocycles. The molecule has 112 valence electrons. The van der Waals surface area contributed by atoms with E-state index in [-0.39, 0.29) is 11.8 Å². The smallest absolute Gasteiger partial charge is 0.338 e. The summed E-state index contributed by atoms with van der Waals surface area (Å²) < 4.78 is 5.48. The lowest BCUT2D eigenvalue weighted by Gasteiger charge is -2.12. The molecule has 0 saturated carbocycles. The number of nitrogens with one attached hydrogen (secondary N) is 2. The van der Waals surface area contributed by atoms with Crippen LogP contribution in [0.5, 0.6) is 0 Å². The molecule has 1 aliphatic heterocycles. The summed E-state index contributed by atoms with van der Waals surface area (Å²) in [6.45, 7) is 2.04. The van der Waals surface area contributed by atoms with Crippen molar-refractivity contribution in [3.8, 4) is 0 Å². The van der Waals surface area contributed by atoms with Crippen molar-refractivity contribution >= 4 is 39.4 Å². The molecule has 2 N–H and O–H groups in total. The van der Waals surface area contributed by atoms with E-state index in [4.69, 9.17) is 4.74 Å². The van der Waals surface area contributed by atoms with Crippen LogP contribution in [0.1, 0.15) is 30.1 Å². The first kappa shape index (κ1) is 15.5. The average molecular weight is 355 g/mol. The predicted molar refractivity (Wildman–Crippen MR) is 79.9 cm³/mol. The lowest BCUT2D eigenvalue weighted by Crippen LogP contribution is -2.37. The molecule has 1 heterocycles. The topological polar surface area (TPSA) is 84.5 Å². The summed E-state index contributed by atoms with van der Waals surface area (Å²) in [5, 5.41) is 5.32. The zero-order chi connectivity index (χ0) is 15.4. The first-order valence-electron chi connectivity index (χ1n) is 6.58. The molecule has 6 nitrogen and oxygen atoms in total. The van der Waals surface area contributed by atoms with Crippen LogP contribution in [-0.4, -0.2) is 30.4 Å². The Balaban J connectivity index is 2.05. The molecule has 1 unspecified atom stereocenters. The zero-order valence-corrected chi connectivity index (χ0v) is 13.0. The Labute approximate surface area is 130 Å². The Bertz CT molecular complexity index is 588. The van der Waals surface area contributed by atoms with E-state index in [1.54, 1.807) is 25.1 Å². The van der Waals surface area contributed by atoms with Crippen molar-refractivity contribution in [1.82, 2.24) is 5.32 Å². The lowest BCUT2D eigenvalue weighted by molar-refractivity contribution is -0.122. The molecular weight excluding hydrogens is 340 g/mol. The normalized spacial score (nSPS) is 17.2. The first-order chi connectivity index (χ1) is 10.0. The van der Waals surface area contributed by atoms with Crippen LogP contribution in [0.15, 0.2) is 22.7 Å². The van der Waals surface area contributed by atoms with Crippen LogP contribution in [0.3, 0.4) is 0 Å². The predicted octanol–water partition coefficient (Wildman–Crippen LogP) is 1.84. The van der Waals surface area contributed by atoms with Gasteiger partial charge >= 0.3 is 5.97 Å². The number of benzene rings is 1. The summed E-state index contributed by atoms with van der Waals surface area (Å²) in [6.07, 6.45) is 0.851. The number of hydrogen-bond acceptors (Lipinski definition) is 4. The molecule has 0 aliphatic carbocycles. The van der Waals surface area contributed by atoms with E-state index in [0.29, 0.717) is 35.2 Å². The Hall–Kier alpha value is -1.89. The molecule has 1 aliphatic rings. The number of rotatable bonds is 4. The van der Waals surface area contributed by atoms with Gasteiger partial charge in [0.1, 0.15) is 6.04 Å². The summed E-state index contributed by atoms with van der Waals surface area (Å²) in [4.78, 5) is 34.7. The van der Waals surface area contributed by atoms with Gasteiger partial charge in [0.15, 0.2) is 0 Å². The number of anilines is 1. The molecule has 2 rings (SSSR count). The Morgan fingerprint density at radius 2 is 2.24 bits per heavy atom. The fourth-order valence-corrected chi connectivity index (χ4v) is 2.47. The molecule has 1 atom stereocenters. The summed E-state index contributed by atoms with van der Waals surface area (Å²) >= 11 is 3.31. The highest BCUT2D eigenvalue weighted by atomic mass is 79.9. The second-order valence-corrected chi connectivity index (χ2v) is 5.42. The lowest BCUT2D eigenvalue weighted by atomic mass is 10.2. The summed E-state index contributed by atoms with van der Waals surface area (Å²) in [5.41, 5.74) is 0.935. The van der Waals surface area contributed by atoms with Gasteiger partial charge in [-0.3, -0.25) is 9.59 Å². The Morgan fingerprint density at radius 1 is 1.48 bits per heavy atom. The van der Waals surface area contributed by atoms with Crippen LogP contribution in [-0.2, 0) is 14.3 Å². The quantitative estimate of drug-likeness (QED) is 0.808. The first-order valence-corrected chi connectivity index (χ1v) is 7.37. The highest BCUT2D eigenvalue weighted by molar-refractivity contribution is 9.10. The second-order valence-electron chi connectivity index (χ2n) is 4.56. The molecule has 1 aromatic carbocycles. The molecule has 0 radical (unpaired) electrons. The SMILES string of the molecule is CCOC(=O)c1ccc(NC(=O)C2CCC(=O)N2)c(Br)c1. The fourth-order valence-electron chi connectivity index (χ4n) is 1.99. The van der Waals surface area contributed by atoms with Gasteiger partial charge in [-0.25, -0.2) is 4.79 Å². The third kappa shape index (κ3) is 3.81. The van der Waals surface area contributed by atoms with Gasteiger partial charge in [0.2, 0.25) is 11.8 Å². The van der Waals surface area contributed by atoms with Gasteiger partial charge in [-0.2, -0.15) is 0 Å². The molecule has 1 aromatic rings. The van der Waals surface area contributed by atoms with Crippen molar-refractivity contribution in [2.75, 3.05) is 11.9 Å². The Morgan fingerprint density at radius 3 is 2.81 bits per heavy atom. The van der Waals surface area contributed by atoms with Crippen molar-refractivity contribution < 1.29 is 19.1 Å². The minimum absolute atomic E-state index is 0.119. The van der Waals surface area contributed by atoms with Crippen LogP contribution in [0, 0.1) is 0 Å². The van der Waals surface area contributed by atoms with Crippen LogP contribution in [0.4, 0.5) is 5.69 Å². The number of ether oxygens (including phenoxy) is 1. The molecule has 0 spiro atoms. The number of halogens is 1. The van der Waals surface area contributed by atoms with Crippen LogP contribution >= 0.6 is 15.9 Å². The van der Waals surface area contributed by atoms with Gasteiger partial charge in [0, 0.05) is 10.9 Å². The maximum absolute atomic E-state index is 12.0. The largest absolute Gasteiger partial charge is 0.462 e. The average Bonchev–Trinajstić information content (AvgIpc) is 2.88. The number of carbonyl (C=O) groups excluding carboxylic acids is 3. The third-order valence-corrected chi connectivity index (χ3v) is 3.71. The second kappa shape index (κ2) is 6.71. The Kier molecular flexibility index (Phi) is 4.95. The van der Waals surface area contributed by atoms with E-state index in [2.05, 4.69) is 26.6 Å². The van der Waals surface area contributed by atoms with Gasteiger partial charge in [0.25, 0.3) is 0 Å². The molecular formula is C14H15BrN2O4. The van der Waals surface area contributed by atoms with Crippen molar-refractivity contribution in [2.24, 2.45) is 0 Å². The van der Waals surface area contributed by atoms with Gasteiger partial charge in [-0.1, -0.05) is 0 Å². The highest BCUT2D eigenvalue weighted by Gasteiger charge is 2.27. The van der Waals surface area contributed by atoms with Crippen molar-refractivity contribution in [1.29, 1.82) is 0 Å². The third-order valence-electron chi connectivity index (χ3n) is 3.05. The van der Waals surface area contributed by atoms with Gasteiger partial charge < -0.3 is 15.4 Å². The number of esters is 1. The van der Waals surface area contributed by atoms with E-state index in [1.807, 2.05) is 0 Å². The number of hydrogen-bond donors (Lipinski definition) is 2. The van der Waals surface area contributed by atoms with Gasteiger partial charge in [0.05, 0.1) is 17.9 Å². The van der Waals surface area contributed by atoms with Crippen molar-refractivity contribution in [2.45, 2.75) is 25.8 Å². The zero-order valence-electron chi connectivity index (χ0n) is 11.4. The fraction of sp³-hybridized carbons (Fsp3) is 0.357. The van der Waals surface area contributed by atoms with E-state index in [1.165, 1.54) is 0 Å². The van der Waals surface area contributed by atoms with Crippen molar-refractivity contribution in [3.63, 3.8) is 0 Å². The van der Waals surface area contributed by atoms with Crippen LogP contribution in [0.25, 0.3) is 0 Å². The molecule has 1 fully saturated rings. The minimum atomic E-state index is -0.505. The minimum Gasteiger partial charge on any atom is -0.462 e. The summed E-state index contributed by atoms with van der Waals surface area (Å²) in [5.74, 6) is -0.809. The van der Waals surface area contributed by atoms with E-state index in [0.717, 1.165) is 0 Å². The summed E-state index contributed by atoms with van der Waals surface area (Å²) in [7, 11) is 0. The maximum Gasteiger partial charge on any atom is 0.338 e. The molecule has 0 bridgehead atoms. The van der Waals surface area contributed by atoms with Crippen LogP contribution < -0.4 is 10.6 Å². The standard InChI is InChI=1S/C14H15BrN2O4/c1-2-21-14(20)8-3-4-10(9(15)7-8)17-13(19)11-5-6-12(18)16-11/h3-4,7,11H,2,5-6H2,1H3,(H,16,18)(H,17,19). The molecule has 21 heavy (non-hydrogen) atoms. The van der Waals surface area contributed by atoms with E-state index in [9.17, 15) is 14.4 Å². The van der Waals surface area contributed by atoms with Crippen LogP contribution in [0.2, 0.25) is 0 Å². The molecule has 2 amide bonds. The number of carbonyl (C=O) groups is 3. The highest BCUT2D eigenvalue weighted by Crippen LogP contribution is 2.24. The van der Waals surface area contributed by atoms with E-state index >= 15 is 0 Å². The van der Waals surface area contributed by atoms with E-state index < -0.39 is 12.0 Å². The molecule has 1 saturated heterocycles. The summed E-state index contributed by atoms with van der Waals surface area (Å²) in [6, 6.07) is 4.27. The number of amides is 2. The van der Waals surface area contributed by atoms with Gasteiger partial charge in [-0.05, 0) is 47.5 Å². The monoisotopic (exact) mass is 354 g/mol. The van der Waals surface area contributed by atoms with Crippen molar-refractivity contribution in [3.05, 3.63) is 28.2 Å². The maximum atomic E-state index is 12.0. The van der Waals surface area contributed by atoms with Gasteiger partial charge in [-0.15, -0.1) is 0 Å².